The molecule has 1 nitrogen and oxygen atoms in total. The Balaban J connectivity index is 2.04. The van der Waals surface area contributed by atoms with Crippen molar-refractivity contribution >= 4 is 0 Å². The molecule has 4 heteroatoms. The van der Waals surface area contributed by atoms with Crippen molar-refractivity contribution in [2.24, 2.45) is 5.92 Å². The lowest BCUT2D eigenvalue weighted by Gasteiger charge is -2.32. The zero-order valence-corrected chi connectivity index (χ0v) is 10.3. The first kappa shape index (κ1) is 13.7. The van der Waals surface area contributed by atoms with E-state index >= 15 is 0 Å². The Hall–Kier alpha value is -0.770. The molecule has 3 atom stereocenters. The number of alkyl halides is 3. The van der Waals surface area contributed by atoms with Gasteiger partial charge in [0.1, 0.15) is 0 Å². The fraction of sp³-hybridized carbons (Fsp3) is 0.714. The molecular weight excluding hydrogens is 241 g/mol. The summed E-state index contributed by atoms with van der Waals surface area (Å²) >= 11 is 0. The number of ether oxygens (including phenoxy) is 1. The van der Waals surface area contributed by atoms with Gasteiger partial charge in [-0.1, -0.05) is 24.3 Å². The van der Waals surface area contributed by atoms with Crippen LogP contribution in [0.1, 0.15) is 38.5 Å². The average Bonchev–Trinajstić information content (AvgIpc) is 2.37. The molecule has 0 saturated carbocycles. The van der Waals surface area contributed by atoms with E-state index in [0.29, 0.717) is 12.8 Å². The van der Waals surface area contributed by atoms with Crippen LogP contribution < -0.4 is 0 Å². The molecule has 0 aromatic heterocycles. The Bertz CT molecular complexity index is 319. The van der Waals surface area contributed by atoms with Crippen LogP contribution in [0.5, 0.6) is 0 Å². The molecule has 0 aliphatic heterocycles. The molecule has 0 aromatic carbocycles. The third-order valence-electron chi connectivity index (χ3n) is 3.53. The fourth-order valence-corrected chi connectivity index (χ4v) is 2.59. The van der Waals surface area contributed by atoms with E-state index in [4.69, 9.17) is 4.74 Å². The molecule has 18 heavy (non-hydrogen) atoms. The highest BCUT2D eigenvalue weighted by Crippen LogP contribution is 2.35. The first-order chi connectivity index (χ1) is 8.57. The van der Waals surface area contributed by atoms with E-state index < -0.39 is 18.2 Å². The molecule has 102 valence electrons. The molecule has 3 unspecified atom stereocenters. The zero-order valence-electron chi connectivity index (χ0n) is 10.3. The minimum Gasteiger partial charge on any atom is -0.361 e. The van der Waals surface area contributed by atoms with Crippen LogP contribution in [0.3, 0.4) is 0 Å². The van der Waals surface area contributed by atoms with Crippen molar-refractivity contribution < 1.29 is 17.9 Å². The van der Waals surface area contributed by atoms with Crippen LogP contribution in [-0.4, -0.2) is 18.4 Å². The van der Waals surface area contributed by atoms with Crippen LogP contribution in [0.25, 0.3) is 0 Å². The minimum absolute atomic E-state index is 0.374. The van der Waals surface area contributed by atoms with Crippen LogP contribution in [0.2, 0.25) is 0 Å². The van der Waals surface area contributed by atoms with Crippen LogP contribution in [0.15, 0.2) is 24.3 Å². The van der Waals surface area contributed by atoms with Gasteiger partial charge in [-0.2, -0.15) is 13.2 Å². The average molecular weight is 260 g/mol. The number of allylic oxidation sites excluding steroid dienone is 2. The second kappa shape index (κ2) is 5.91. The Morgan fingerprint density at radius 2 is 1.67 bits per heavy atom. The van der Waals surface area contributed by atoms with E-state index in [2.05, 4.69) is 0 Å². The maximum Gasteiger partial charge on any atom is 0.415 e. The lowest BCUT2D eigenvalue weighted by molar-refractivity contribution is -0.241. The topological polar surface area (TPSA) is 9.23 Å². The Labute approximate surface area is 106 Å². The molecule has 2 aliphatic carbocycles. The van der Waals surface area contributed by atoms with E-state index in [-0.39, 0.29) is 6.10 Å². The third-order valence-corrected chi connectivity index (χ3v) is 3.53. The molecule has 2 aliphatic rings. The monoisotopic (exact) mass is 260 g/mol. The Kier molecular flexibility index (Phi) is 4.49. The summed E-state index contributed by atoms with van der Waals surface area (Å²) in [4.78, 5) is 0. The van der Waals surface area contributed by atoms with Gasteiger partial charge in [0.25, 0.3) is 0 Å². The SMILES string of the molecule is FC(F)(F)C(OC1C=CCCC1)C1C=CCCC1. The summed E-state index contributed by atoms with van der Waals surface area (Å²) in [6, 6.07) is 0. The van der Waals surface area contributed by atoms with Gasteiger partial charge in [-0.3, -0.25) is 0 Å². The number of hydrogen-bond donors (Lipinski definition) is 0. The predicted octanol–water partition coefficient (Wildman–Crippen LogP) is 4.40. The molecule has 0 amide bonds. The molecule has 0 N–H and O–H groups in total. The van der Waals surface area contributed by atoms with Crippen molar-refractivity contribution in [3.05, 3.63) is 24.3 Å². The van der Waals surface area contributed by atoms with Gasteiger partial charge in [-0.25, -0.2) is 0 Å². The first-order valence-corrected chi connectivity index (χ1v) is 6.63. The number of halogens is 3. The third kappa shape index (κ3) is 3.61. The molecule has 0 spiro atoms. The largest absolute Gasteiger partial charge is 0.415 e. The number of hydrogen-bond acceptors (Lipinski definition) is 1. The van der Waals surface area contributed by atoms with E-state index in [0.717, 1.165) is 25.7 Å². The van der Waals surface area contributed by atoms with E-state index in [9.17, 15) is 13.2 Å². The summed E-state index contributed by atoms with van der Waals surface area (Å²) in [7, 11) is 0. The number of rotatable bonds is 3. The molecule has 0 heterocycles. The maximum absolute atomic E-state index is 13.1. The maximum atomic E-state index is 13.1. The van der Waals surface area contributed by atoms with E-state index in [1.54, 1.807) is 12.2 Å². The van der Waals surface area contributed by atoms with Crippen LogP contribution >= 0.6 is 0 Å². The van der Waals surface area contributed by atoms with Gasteiger partial charge in [0.05, 0.1) is 6.10 Å². The van der Waals surface area contributed by atoms with Crippen LogP contribution in [-0.2, 0) is 4.74 Å². The summed E-state index contributed by atoms with van der Waals surface area (Å²) in [5, 5.41) is 0. The van der Waals surface area contributed by atoms with Gasteiger partial charge >= 0.3 is 6.18 Å². The van der Waals surface area contributed by atoms with Gasteiger partial charge in [-0.15, -0.1) is 0 Å². The molecule has 0 bridgehead atoms. The lowest BCUT2D eigenvalue weighted by Crippen LogP contribution is -2.41. The zero-order chi connectivity index (χ0) is 13.0. The highest BCUT2D eigenvalue weighted by molar-refractivity contribution is 5.01. The fourth-order valence-electron chi connectivity index (χ4n) is 2.59. The standard InChI is InChI=1S/C14H19F3O/c15-14(16,17)13(11-7-3-1-4-8-11)18-12-9-5-2-6-10-12/h3,5,7,9,11-13H,1-2,4,6,8,10H2. The van der Waals surface area contributed by atoms with Crippen LogP contribution in [0, 0.1) is 5.92 Å². The molecule has 0 fully saturated rings. The highest BCUT2D eigenvalue weighted by atomic mass is 19.4. The van der Waals surface area contributed by atoms with Crippen molar-refractivity contribution in [1.82, 2.24) is 0 Å². The van der Waals surface area contributed by atoms with Gasteiger partial charge in [0, 0.05) is 5.92 Å². The lowest BCUT2D eigenvalue weighted by atomic mass is 9.90. The molecular formula is C14H19F3O. The summed E-state index contributed by atoms with van der Waals surface area (Å²) in [5.74, 6) is -0.519. The highest BCUT2D eigenvalue weighted by Gasteiger charge is 2.46. The van der Waals surface area contributed by atoms with Crippen molar-refractivity contribution in [3.8, 4) is 0 Å². The van der Waals surface area contributed by atoms with Gasteiger partial charge in [0.15, 0.2) is 6.10 Å². The Morgan fingerprint density at radius 3 is 2.17 bits per heavy atom. The van der Waals surface area contributed by atoms with Gasteiger partial charge in [-0.05, 0) is 38.5 Å². The van der Waals surface area contributed by atoms with Gasteiger partial charge in [0.2, 0.25) is 0 Å². The predicted molar refractivity (Wildman–Crippen MR) is 64.2 cm³/mol. The molecule has 2 rings (SSSR count). The minimum atomic E-state index is -4.28. The Morgan fingerprint density at radius 1 is 1.00 bits per heavy atom. The normalized spacial score (nSPS) is 30.4. The molecule has 0 radical (unpaired) electrons. The van der Waals surface area contributed by atoms with Crippen molar-refractivity contribution in [1.29, 1.82) is 0 Å². The van der Waals surface area contributed by atoms with Crippen molar-refractivity contribution in [3.63, 3.8) is 0 Å². The van der Waals surface area contributed by atoms with Crippen LogP contribution in [0.4, 0.5) is 13.2 Å². The first-order valence-electron chi connectivity index (χ1n) is 6.63. The molecule has 0 saturated heterocycles. The second-order valence-electron chi connectivity index (χ2n) is 5.02. The smallest absolute Gasteiger partial charge is 0.361 e. The van der Waals surface area contributed by atoms with Gasteiger partial charge < -0.3 is 4.74 Å². The summed E-state index contributed by atoms with van der Waals surface area (Å²) in [6.07, 6.45) is 5.71. The summed E-state index contributed by atoms with van der Waals surface area (Å²) in [6.45, 7) is 0. The van der Waals surface area contributed by atoms with Crippen molar-refractivity contribution in [2.45, 2.75) is 56.9 Å². The second-order valence-corrected chi connectivity index (χ2v) is 5.02. The van der Waals surface area contributed by atoms with Crippen molar-refractivity contribution in [2.75, 3.05) is 0 Å². The summed E-state index contributed by atoms with van der Waals surface area (Å²) in [5.41, 5.74) is 0. The van der Waals surface area contributed by atoms with E-state index in [1.807, 2.05) is 12.2 Å². The van der Waals surface area contributed by atoms with E-state index in [1.165, 1.54) is 0 Å². The molecule has 0 aromatic rings. The summed E-state index contributed by atoms with van der Waals surface area (Å²) < 4.78 is 44.6. The quantitative estimate of drug-likeness (QED) is 0.683.